The lowest BCUT2D eigenvalue weighted by Gasteiger charge is -2.43. The number of nitriles is 3. The van der Waals surface area contributed by atoms with Gasteiger partial charge in [-0.2, -0.15) is 15.8 Å². The lowest BCUT2D eigenvalue weighted by molar-refractivity contribution is 0.330. The number of hydrogen-bond donors (Lipinski definition) is 1. The van der Waals surface area contributed by atoms with Crippen molar-refractivity contribution in [2.75, 3.05) is 0 Å². The summed E-state index contributed by atoms with van der Waals surface area (Å²) in [6, 6.07) is 12.4. The number of halogens is 1. The molecular weight excluding hydrogens is 315 g/mol. The quantitative estimate of drug-likeness (QED) is 0.793. The number of nitrogens with zero attached hydrogens (tertiary/aromatic N) is 3. The maximum Gasteiger partial charge on any atom is 0.204 e. The Morgan fingerprint density at radius 2 is 1.88 bits per heavy atom. The van der Waals surface area contributed by atoms with Crippen LogP contribution in [-0.2, 0) is 0 Å². The first-order valence-electron chi connectivity index (χ1n) is 8.17. The van der Waals surface area contributed by atoms with E-state index in [0.29, 0.717) is 23.5 Å². The van der Waals surface area contributed by atoms with Gasteiger partial charge in [0.05, 0.1) is 29.5 Å². The molecule has 0 radical (unpaired) electrons. The molecule has 3 atom stereocenters. The molecule has 1 aromatic rings. The van der Waals surface area contributed by atoms with Crippen LogP contribution in [0.2, 0.25) is 0 Å². The number of nitrogens with two attached hydrogens (primary N) is 1. The van der Waals surface area contributed by atoms with E-state index in [2.05, 4.69) is 13.0 Å². The first-order chi connectivity index (χ1) is 12.0. The average Bonchev–Trinajstić information content (AvgIpc) is 2.62. The highest BCUT2D eigenvalue weighted by atomic mass is 19.1. The topological polar surface area (TPSA) is 97.4 Å². The third kappa shape index (κ3) is 2.31. The second kappa shape index (κ2) is 6.08. The van der Waals surface area contributed by atoms with E-state index in [4.69, 9.17) is 5.73 Å². The van der Waals surface area contributed by atoms with Crippen LogP contribution in [-0.4, -0.2) is 0 Å². The fraction of sp³-hybridized carbons (Fsp3) is 0.350. The van der Waals surface area contributed by atoms with Crippen molar-refractivity contribution in [3.63, 3.8) is 0 Å². The van der Waals surface area contributed by atoms with Gasteiger partial charge in [-0.1, -0.05) is 31.2 Å². The van der Waals surface area contributed by atoms with Crippen molar-refractivity contribution in [2.45, 2.75) is 25.7 Å². The minimum absolute atomic E-state index is 0.0645. The van der Waals surface area contributed by atoms with Gasteiger partial charge in [-0.05, 0) is 41.9 Å². The van der Waals surface area contributed by atoms with Gasteiger partial charge in [-0.3, -0.25) is 0 Å². The van der Waals surface area contributed by atoms with Crippen LogP contribution in [0.25, 0.3) is 0 Å². The van der Waals surface area contributed by atoms with Gasteiger partial charge in [0, 0.05) is 5.92 Å². The van der Waals surface area contributed by atoms with Crippen LogP contribution in [0.1, 0.15) is 31.2 Å². The maximum atomic E-state index is 14.5. The summed E-state index contributed by atoms with van der Waals surface area (Å²) in [5.74, 6) is -0.957. The molecule has 0 unspecified atom stereocenters. The van der Waals surface area contributed by atoms with E-state index in [0.717, 1.165) is 6.42 Å². The summed E-state index contributed by atoms with van der Waals surface area (Å²) >= 11 is 0. The second-order valence-corrected chi connectivity index (χ2v) is 6.75. The van der Waals surface area contributed by atoms with Crippen LogP contribution < -0.4 is 5.73 Å². The first kappa shape index (κ1) is 16.7. The van der Waals surface area contributed by atoms with E-state index >= 15 is 0 Å². The highest BCUT2D eigenvalue weighted by molar-refractivity contribution is 5.58. The molecule has 0 spiro atoms. The summed E-state index contributed by atoms with van der Waals surface area (Å²) in [4.78, 5) is 0. The standard InChI is InChI=1S/C20H17FN4/c1-12-6-7-16-14(8-12)18(13-4-2-3-5-17(13)21)15(9-22)19(25)20(16,10-23)11-24/h2-5,7,12,14,18H,6,8,25H2,1H3/t12-,14+,18+/m1/s1. The van der Waals surface area contributed by atoms with Crippen molar-refractivity contribution in [3.8, 4) is 18.2 Å². The maximum absolute atomic E-state index is 14.5. The van der Waals surface area contributed by atoms with E-state index in [-0.39, 0.29) is 17.2 Å². The van der Waals surface area contributed by atoms with Crippen LogP contribution in [0.5, 0.6) is 0 Å². The van der Waals surface area contributed by atoms with Gasteiger partial charge >= 0.3 is 0 Å². The number of benzene rings is 1. The van der Waals surface area contributed by atoms with Gasteiger partial charge < -0.3 is 5.73 Å². The van der Waals surface area contributed by atoms with Gasteiger partial charge in [-0.25, -0.2) is 4.39 Å². The van der Waals surface area contributed by atoms with Crippen LogP contribution in [0.15, 0.2) is 47.2 Å². The zero-order valence-electron chi connectivity index (χ0n) is 13.8. The van der Waals surface area contributed by atoms with Crippen LogP contribution in [0, 0.1) is 57.1 Å². The minimum atomic E-state index is -1.64. The molecule has 0 amide bonds. The molecule has 0 saturated heterocycles. The molecule has 4 nitrogen and oxygen atoms in total. The van der Waals surface area contributed by atoms with E-state index in [1.165, 1.54) is 6.07 Å². The molecule has 124 valence electrons. The SMILES string of the molecule is C[C@@H]1CC=C2[C@H](C1)[C@H](c1ccccc1F)C(C#N)=C(N)C2(C#N)C#N. The molecule has 0 aromatic heterocycles. The van der Waals surface area contributed by atoms with Crippen molar-refractivity contribution >= 4 is 0 Å². The fourth-order valence-corrected chi connectivity index (χ4v) is 4.11. The molecule has 25 heavy (non-hydrogen) atoms. The van der Waals surface area contributed by atoms with E-state index in [1.54, 1.807) is 18.2 Å². The molecule has 2 aliphatic carbocycles. The van der Waals surface area contributed by atoms with Crippen molar-refractivity contribution in [3.05, 3.63) is 58.6 Å². The van der Waals surface area contributed by atoms with Crippen LogP contribution >= 0.6 is 0 Å². The monoisotopic (exact) mass is 332 g/mol. The van der Waals surface area contributed by atoms with Crippen molar-refractivity contribution < 1.29 is 4.39 Å². The summed E-state index contributed by atoms with van der Waals surface area (Å²) in [5.41, 5.74) is 5.58. The smallest absolute Gasteiger partial charge is 0.204 e. The Hall–Kier alpha value is -3.10. The molecule has 0 saturated carbocycles. The normalized spacial score (nSPS) is 27.3. The first-order valence-corrected chi connectivity index (χ1v) is 8.17. The Labute approximate surface area is 146 Å². The number of rotatable bonds is 1. The van der Waals surface area contributed by atoms with Gasteiger partial charge in [0.25, 0.3) is 0 Å². The van der Waals surface area contributed by atoms with Gasteiger partial charge in [-0.15, -0.1) is 0 Å². The predicted octanol–water partition coefficient (Wildman–Crippen LogP) is 3.67. The summed E-state index contributed by atoms with van der Waals surface area (Å²) in [6.07, 6.45) is 3.30. The van der Waals surface area contributed by atoms with Crippen molar-refractivity contribution in [2.24, 2.45) is 23.0 Å². The molecule has 0 fully saturated rings. The van der Waals surface area contributed by atoms with E-state index < -0.39 is 17.2 Å². The van der Waals surface area contributed by atoms with Crippen molar-refractivity contribution in [1.29, 1.82) is 15.8 Å². The lowest BCUT2D eigenvalue weighted by atomic mass is 9.57. The minimum Gasteiger partial charge on any atom is -0.399 e. The van der Waals surface area contributed by atoms with Gasteiger partial charge in [0.15, 0.2) is 0 Å². The van der Waals surface area contributed by atoms with Crippen LogP contribution in [0.4, 0.5) is 4.39 Å². The third-order valence-corrected chi connectivity index (χ3v) is 5.33. The molecule has 0 heterocycles. The second-order valence-electron chi connectivity index (χ2n) is 6.75. The average molecular weight is 332 g/mol. The molecule has 1 aromatic carbocycles. The summed E-state index contributed by atoms with van der Waals surface area (Å²) in [6.45, 7) is 2.07. The summed E-state index contributed by atoms with van der Waals surface area (Å²) < 4.78 is 14.5. The predicted molar refractivity (Wildman–Crippen MR) is 89.6 cm³/mol. The zero-order chi connectivity index (χ0) is 18.2. The molecule has 5 heteroatoms. The number of allylic oxidation sites excluding steroid dienone is 3. The largest absolute Gasteiger partial charge is 0.399 e. The van der Waals surface area contributed by atoms with Crippen molar-refractivity contribution in [1.82, 2.24) is 0 Å². The molecule has 0 bridgehead atoms. The molecule has 2 aliphatic rings. The Balaban J connectivity index is 2.35. The zero-order valence-corrected chi connectivity index (χ0v) is 13.8. The highest BCUT2D eigenvalue weighted by Crippen LogP contribution is 2.55. The number of fused-ring (bicyclic) bond motifs is 1. The third-order valence-electron chi connectivity index (χ3n) is 5.33. The van der Waals surface area contributed by atoms with Gasteiger partial charge in [0.2, 0.25) is 5.41 Å². The number of hydrogen-bond acceptors (Lipinski definition) is 4. The fourth-order valence-electron chi connectivity index (χ4n) is 4.11. The molecule has 0 aliphatic heterocycles. The lowest BCUT2D eigenvalue weighted by Crippen LogP contribution is -2.41. The molecule has 3 rings (SSSR count). The highest BCUT2D eigenvalue weighted by Gasteiger charge is 2.52. The molecule has 2 N–H and O–H groups in total. The van der Waals surface area contributed by atoms with E-state index in [9.17, 15) is 20.2 Å². The Bertz CT molecular complexity index is 893. The summed E-state index contributed by atoms with van der Waals surface area (Å²) in [7, 11) is 0. The van der Waals surface area contributed by atoms with Crippen LogP contribution in [0.3, 0.4) is 0 Å². The van der Waals surface area contributed by atoms with Gasteiger partial charge in [0.1, 0.15) is 5.82 Å². The Morgan fingerprint density at radius 3 is 2.48 bits per heavy atom. The molecular formula is C20H17FN4. The van der Waals surface area contributed by atoms with E-state index in [1.807, 2.05) is 18.2 Å². The summed E-state index contributed by atoms with van der Waals surface area (Å²) in [5, 5.41) is 29.2. The Kier molecular flexibility index (Phi) is 4.07. The Morgan fingerprint density at radius 1 is 1.20 bits per heavy atom.